The summed E-state index contributed by atoms with van der Waals surface area (Å²) in [5.74, 6) is 0.512. The molecule has 4 N–H and O–H groups in total. The van der Waals surface area contributed by atoms with Gasteiger partial charge in [-0.2, -0.15) is 8.42 Å². The second-order valence-electron chi connectivity index (χ2n) is 4.51. The van der Waals surface area contributed by atoms with Gasteiger partial charge in [-0.3, -0.25) is 10.1 Å². The van der Waals surface area contributed by atoms with Crippen LogP contribution in [0.1, 0.15) is 18.3 Å². The van der Waals surface area contributed by atoms with Crippen LogP contribution in [0, 0.1) is 12.3 Å². The highest BCUT2D eigenvalue weighted by atomic mass is 32.2. The van der Waals surface area contributed by atoms with E-state index in [4.69, 9.17) is 11.1 Å². The van der Waals surface area contributed by atoms with Crippen molar-refractivity contribution in [2.24, 2.45) is 5.73 Å². The molecule has 1 aromatic heterocycles. The fourth-order valence-corrected chi connectivity index (χ4v) is 2.95. The van der Waals surface area contributed by atoms with E-state index in [1.54, 1.807) is 29.7 Å². The minimum Gasteiger partial charge on any atom is -0.384 e. The molecule has 0 saturated heterocycles. The molecule has 2 rings (SSSR count). The summed E-state index contributed by atoms with van der Waals surface area (Å²) in [6.45, 7) is 4.31. The van der Waals surface area contributed by atoms with Gasteiger partial charge >= 0.3 is 0 Å². The fraction of sp³-hybridized carbons (Fsp3) is 0.231. The van der Waals surface area contributed by atoms with Gasteiger partial charge in [0.05, 0.1) is 0 Å². The summed E-state index contributed by atoms with van der Waals surface area (Å²) < 4.78 is 28.8. The Labute approximate surface area is 123 Å². The Bertz CT molecular complexity index is 780. The van der Waals surface area contributed by atoms with Gasteiger partial charge in [-0.05, 0) is 26.0 Å². The van der Waals surface area contributed by atoms with Gasteiger partial charge in [-0.25, -0.2) is 4.98 Å². The molecular formula is C13H17N5O2S. The van der Waals surface area contributed by atoms with Crippen molar-refractivity contribution in [3.05, 3.63) is 41.9 Å². The molecule has 112 valence electrons. The van der Waals surface area contributed by atoms with E-state index < -0.39 is 10.0 Å². The number of imidazole rings is 1. The lowest BCUT2D eigenvalue weighted by Crippen LogP contribution is -2.15. The molecule has 0 aliphatic rings. The number of sulfonamides is 1. The quantitative estimate of drug-likeness (QED) is 0.570. The SMILES string of the molecule is CCn1cc(S(=O)(=O)Nc2cccc(C(=N)N)c2)nc1C. The van der Waals surface area contributed by atoms with Crippen molar-refractivity contribution in [2.45, 2.75) is 25.4 Å². The van der Waals surface area contributed by atoms with Crippen molar-refractivity contribution in [1.29, 1.82) is 5.41 Å². The van der Waals surface area contributed by atoms with Crippen molar-refractivity contribution < 1.29 is 8.42 Å². The van der Waals surface area contributed by atoms with Gasteiger partial charge < -0.3 is 10.3 Å². The average Bonchev–Trinajstić information content (AvgIpc) is 2.80. The maximum Gasteiger partial charge on any atom is 0.280 e. The Morgan fingerprint density at radius 1 is 1.48 bits per heavy atom. The van der Waals surface area contributed by atoms with Crippen LogP contribution >= 0.6 is 0 Å². The number of nitrogens with zero attached hydrogens (tertiary/aromatic N) is 2. The molecule has 0 fully saturated rings. The summed E-state index contributed by atoms with van der Waals surface area (Å²) in [7, 11) is -3.76. The number of anilines is 1. The zero-order chi connectivity index (χ0) is 15.6. The minimum atomic E-state index is -3.76. The van der Waals surface area contributed by atoms with Crippen molar-refractivity contribution in [1.82, 2.24) is 9.55 Å². The molecule has 0 radical (unpaired) electrons. The number of nitrogens with two attached hydrogens (primary N) is 1. The molecule has 1 aromatic carbocycles. The molecule has 0 bridgehead atoms. The van der Waals surface area contributed by atoms with Crippen LogP contribution in [0.15, 0.2) is 35.5 Å². The van der Waals surface area contributed by atoms with Gasteiger partial charge in [-0.15, -0.1) is 0 Å². The van der Waals surface area contributed by atoms with Crippen LogP contribution in [0.4, 0.5) is 5.69 Å². The predicted octanol–water partition coefficient (Wildman–Crippen LogP) is 1.30. The van der Waals surface area contributed by atoms with Crippen molar-refractivity contribution in [2.75, 3.05) is 4.72 Å². The maximum absolute atomic E-state index is 12.3. The molecule has 0 spiro atoms. The smallest absolute Gasteiger partial charge is 0.280 e. The summed E-state index contributed by atoms with van der Waals surface area (Å²) >= 11 is 0. The van der Waals surface area contributed by atoms with E-state index in [1.165, 1.54) is 12.3 Å². The first-order chi connectivity index (χ1) is 9.83. The van der Waals surface area contributed by atoms with E-state index in [0.717, 1.165) is 0 Å². The molecular weight excluding hydrogens is 290 g/mol. The number of amidine groups is 1. The van der Waals surface area contributed by atoms with Gasteiger partial charge in [0.2, 0.25) is 0 Å². The third kappa shape index (κ3) is 3.22. The second-order valence-corrected chi connectivity index (χ2v) is 6.14. The average molecular weight is 307 g/mol. The molecule has 2 aromatic rings. The van der Waals surface area contributed by atoms with Gasteiger partial charge in [0.15, 0.2) is 5.03 Å². The highest BCUT2D eigenvalue weighted by Gasteiger charge is 2.19. The van der Waals surface area contributed by atoms with Gasteiger partial charge in [0.25, 0.3) is 10.0 Å². The molecule has 21 heavy (non-hydrogen) atoms. The van der Waals surface area contributed by atoms with Crippen LogP contribution in [-0.2, 0) is 16.6 Å². The number of aryl methyl sites for hydroxylation is 2. The van der Waals surface area contributed by atoms with Crippen LogP contribution in [0.2, 0.25) is 0 Å². The molecule has 0 atom stereocenters. The lowest BCUT2D eigenvalue weighted by atomic mass is 10.2. The van der Waals surface area contributed by atoms with Crippen LogP contribution in [0.3, 0.4) is 0 Å². The Balaban J connectivity index is 2.32. The van der Waals surface area contributed by atoms with Crippen molar-refractivity contribution in [3.63, 3.8) is 0 Å². The van der Waals surface area contributed by atoms with Gasteiger partial charge in [0, 0.05) is 24.0 Å². The van der Waals surface area contributed by atoms with E-state index in [9.17, 15) is 8.42 Å². The van der Waals surface area contributed by atoms with Crippen molar-refractivity contribution >= 4 is 21.5 Å². The summed E-state index contributed by atoms with van der Waals surface area (Å²) in [6.07, 6.45) is 1.49. The first-order valence-corrected chi connectivity index (χ1v) is 7.83. The van der Waals surface area contributed by atoms with Crippen LogP contribution < -0.4 is 10.5 Å². The van der Waals surface area contributed by atoms with Gasteiger partial charge in [0.1, 0.15) is 11.7 Å². The normalized spacial score (nSPS) is 11.3. The number of nitrogens with one attached hydrogen (secondary N) is 2. The first kappa shape index (κ1) is 15.0. The molecule has 0 amide bonds. The van der Waals surface area contributed by atoms with Crippen LogP contribution in [-0.4, -0.2) is 23.8 Å². The summed E-state index contributed by atoms with van der Waals surface area (Å²) in [5, 5.41) is 7.34. The first-order valence-electron chi connectivity index (χ1n) is 6.34. The molecule has 1 heterocycles. The standard InChI is InChI=1S/C13H17N5O2S/c1-3-18-8-12(16-9(18)2)21(19,20)17-11-6-4-5-10(7-11)13(14)15/h4-8,17H,3H2,1-2H3,(H3,14,15). The molecule has 7 nitrogen and oxygen atoms in total. The number of nitrogen functional groups attached to an aromatic ring is 1. The zero-order valence-corrected chi connectivity index (χ0v) is 12.6. The Kier molecular flexibility index (Phi) is 3.99. The van der Waals surface area contributed by atoms with E-state index in [2.05, 4.69) is 9.71 Å². The molecule has 0 aliphatic heterocycles. The fourth-order valence-electron chi connectivity index (χ4n) is 1.89. The topological polar surface area (TPSA) is 114 Å². The maximum atomic E-state index is 12.3. The number of hydrogen-bond donors (Lipinski definition) is 3. The molecule has 8 heteroatoms. The lowest BCUT2D eigenvalue weighted by molar-refractivity contribution is 0.598. The van der Waals surface area contributed by atoms with E-state index in [-0.39, 0.29) is 10.9 Å². The van der Waals surface area contributed by atoms with E-state index in [0.29, 0.717) is 23.6 Å². The number of aromatic nitrogens is 2. The second kappa shape index (κ2) is 5.57. The molecule has 0 aliphatic carbocycles. The Morgan fingerprint density at radius 2 is 2.19 bits per heavy atom. The number of benzene rings is 1. The van der Waals surface area contributed by atoms with Crippen molar-refractivity contribution in [3.8, 4) is 0 Å². The lowest BCUT2D eigenvalue weighted by Gasteiger charge is -2.07. The Morgan fingerprint density at radius 3 is 2.76 bits per heavy atom. The highest BCUT2D eigenvalue weighted by Crippen LogP contribution is 2.17. The van der Waals surface area contributed by atoms with E-state index in [1.807, 2.05) is 6.92 Å². The molecule has 0 unspecified atom stereocenters. The molecule has 0 saturated carbocycles. The number of rotatable bonds is 5. The minimum absolute atomic E-state index is 0.0323. The summed E-state index contributed by atoms with van der Waals surface area (Å²) in [4.78, 5) is 4.05. The predicted molar refractivity (Wildman–Crippen MR) is 80.9 cm³/mol. The monoisotopic (exact) mass is 307 g/mol. The van der Waals surface area contributed by atoms with E-state index >= 15 is 0 Å². The van der Waals surface area contributed by atoms with Crippen LogP contribution in [0.5, 0.6) is 0 Å². The Hall–Kier alpha value is -2.35. The third-order valence-electron chi connectivity index (χ3n) is 3.00. The summed E-state index contributed by atoms with van der Waals surface area (Å²) in [6, 6.07) is 6.36. The van der Waals surface area contributed by atoms with Crippen LogP contribution in [0.25, 0.3) is 0 Å². The highest BCUT2D eigenvalue weighted by molar-refractivity contribution is 7.92. The third-order valence-corrected chi connectivity index (χ3v) is 4.25. The summed E-state index contributed by atoms with van der Waals surface area (Å²) in [5.41, 5.74) is 6.18. The number of hydrogen-bond acceptors (Lipinski definition) is 4. The zero-order valence-electron chi connectivity index (χ0n) is 11.8. The largest absolute Gasteiger partial charge is 0.384 e. The van der Waals surface area contributed by atoms with Gasteiger partial charge in [-0.1, -0.05) is 12.1 Å².